The van der Waals surface area contributed by atoms with E-state index in [1.54, 1.807) is 0 Å². The van der Waals surface area contributed by atoms with Crippen molar-refractivity contribution in [3.63, 3.8) is 0 Å². The molecule has 0 radical (unpaired) electrons. The van der Waals surface area contributed by atoms with Gasteiger partial charge < -0.3 is 14.2 Å². The number of ether oxygens (including phenoxy) is 3. The molecule has 4 aliphatic rings. The standard InChI is InChI=1S/C14H20O4.2C2H6/c15-14(9-2-4-11-13(6-9)18-11)16-7-8-1-3-10-12(5-8)17-10;2*1-2/h8-13H,1-7H2;2*1-2H3. The van der Waals surface area contributed by atoms with Gasteiger partial charge in [-0.3, -0.25) is 4.79 Å². The largest absolute Gasteiger partial charge is 0.465 e. The lowest BCUT2D eigenvalue weighted by atomic mass is 9.89. The van der Waals surface area contributed by atoms with Gasteiger partial charge in [0.25, 0.3) is 0 Å². The Balaban J connectivity index is 0.000000410. The van der Waals surface area contributed by atoms with Gasteiger partial charge in [-0.1, -0.05) is 27.7 Å². The highest BCUT2D eigenvalue weighted by molar-refractivity contribution is 5.72. The Hall–Kier alpha value is -0.610. The molecule has 6 unspecified atom stereocenters. The maximum absolute atomic E-state index is 12.0. The van der Waals surface area contributed by atoms with Crippen LogP contribution in [0.15, 0.2) is 0 Å². The highest BCUT2D eigenvalue weighted by Gasteiger charge is 2.47. The number of hydrogen-bond acceptors (Lipinski definition) is 4. The third-order valence-electron chi connectivity index (χ3n) is 4.91. The van der Waals surface area contributed by atoms with Crippen LogP contribution in [-0.2, 0) is 19.0 Å². The summed E-state index contributed by atoms with van der Waals surface area (Å²) in [6.07, 6.45) is 8.03. The summed E-state index contributed by atoms with van der Waals surface area (Å²) in [6.45, 7) is 8.59. The number of hydrogen-bond donors (Lipinski definition) is 0. The van der Waals surface area contributed by atoms with Crippen molar-refractivity contribution in [3.8, 4) is 0 Å². The predicted molar refractivity (Wildman–Crippen MR) is 85.7 cm³/mol. The highest BCUT2D eigenvalue weighted by atomic mass is 16.6. The maximum Gasteiger partial charge on any atom is 0.309 e. The molecule has 4 nitrogen and oxygen atoms in total. The van der Waals surface area contributed by atoms with Crippen LogP contribution in [-0.4, -0.2) is 37.0 Å². The summed E-state index contributed by atoms with van der Waals surface area (Å²) in [5, 5.41) is 0. The summed E-state index contributed by atoms with van der Waals surface area (Å²) in [6, 6.07) is 0. The van der Waals surface area contributed by atoms with Crippen LogP contribution in [0.3, 0.4) is 0 Å². The molecular weight excluding hydrogens is 280 g/mol. The minimum absolute atomic E-state index is 0.00258. The van der Waals surface area contributed by atoms with Crippen LogP contribution in [0.5, 0.6) is 0 Å². The van der Waals surface area contributed by atoms with Crippen molar-refractivity contribution < 1.29 is 19.0 Å². The molecule has 0 aromatic rings. The summed E-state index contributed by atoms with van der Waals surface area (Å²) < 4.78 is 16.4. The molecule has 2 saturated heterocycles. The molecule has 2 heterocycles. The molecule has 128 valence electrons. The Morgan fingerprint density at radius 2 is 1.45 bits per heavy atom. The Morgan fingerprint density at radius 3 is 2.05 bits per heavy atom. The van der Waals surface area contributed by atoms with Crippen LogP contribution < -0.4 is 0 Å². The van der Waals surface area contributed by atoms with Crippen LogP contribution in [0.25, 0.3) is 0 Å². The fourth-order valence-electron chi connectivity index (χ4n) is 3.57. The van der Waals surface area contributed by atoms with Crippen molar-refractivity contribution in [2.45, 2.75) is 90.6 Å². The maximum atomic E-state index is 12.0. The summed E-state index contributed by atoms with van der Waals surface area (Å²) in [7, 11) is 0. The number of fused-ring (bicyclic) bond motifs is 2. The van der Waals surface area contributed by atoms with Gasteiger partial charge in [0.1, 0.15) is 0 Å². The van der Waals surface area contributed by atoms with Gasteiger partial charge in [-0.2, -0.15) is 0 Å². The lowest BCUT2D eigenvalue weighted by Crippen LogP contribution is -2.27. The molecule has 0 spiro atoms. The summed E-state index contributed by atoms with van der Waals surface area (Å²) >= 11 is 0. The molecule has 2 aliphatic carbocycles. The van der Waals surface area contributed by atoms with E-state index in [1.165, 1.54) is 0 Å². The van der Waals surface area contributed by atoms with E-state index in [9.17, 15) is 4.79 Å². The van der Waals surface area contributed by atoms with Gasteiger partial charge in [0.2, 0.25) is 0 Å². The second kappa shape index (κ2) is 8.30. The Kier molecular flexibility index (Phi) is 6.69. The molecule has 0 aromatic heterocycles. The Bertz CT molecular complexity index is 357. The van der Waals surface area contributed by atoms with Crippen molar-refractivity contribution in [1.82, 2.24) is 0 Å². The molecular formula is C18H32O4. The SMILES string of the molecule is CC.CC.O=C(OCC1CCC2OC2C1)C1CCC2OC2C1. The first-order valence-corrected chi connectivity index (χ1v) is 9.27. The first-order chi connectivity index (χ1) is 10.8. The van der Waals surface area contributed by atoms with E-state index in [1.807, 2.05) is 27.7 Å². The topological polar surface area (TPSA) is 51.4 Å². The molecule has 4 fully saturated rings. The normalized spacial score (nSPS) is 40.5. The lowest BCUT2D eigenvalue weighted by Gasteiger charge is -2.21. The van der Waals surface area contributed by atoms with Crippen LogP contribution in [0.4, 0.5) is 0 Å². The minimum Gasteiger partial charge on any atom is -0.465 e. The van der Waals surface area contributed by atoms with Gasteiger partial charge in [-0.15, -0.1) is 0 Å². The van der Waals surface area contributed by atoms with E-state index in [2.05, 4.69) is 0 Å². The fourth-order valence-corrected chi connectivity index (χ4v) is 3.57. The van der Waals surface area contributed by atoms with Crippen LogP contribution in [0, 0.1) is 11.8 Å². The van der Waals surface area contributed by atoms with Gasteiger partial charge in [0, 0.05) is 0 Å². The number of carbonyl (C=O) groups is 1. The number of carbonyl (C=O) groups excluding carboxylic acids is 1. The number of epoxide rings is 2. The monoisotopic (exact) mass is 312 g/mol. The zero-order valence-corrected chi connectivity index (χ0v) is 14.5. The van der Waals surface area contributed by atoms with Crippen LogP contribution >= 0.6 is 0 Å². The second-order valence-corrected chi connectivity index (χ2v) is 6.25. The van der Waals surface area contributed by atoms with Gasteiger partial charge in [-0.05, 0) is 44.4 Å². The third kappa shape index (κ3) is 4.45. The third-order valence-corrected chi connectivity index (χ3v) is 4.91. The average Bonchev–Trinajstić information content (AvgIpc) is 3.49. The quantitative estimate of drug-likeness (QED) is 0.589. The first kappa shape index (κ1) is 17.7. The van der Waals surface area contributed by atoms with Gasteiger partial charge in [-0.25, -0.2) is 0 Å². The van der Waals surface area contributed by atoms with E-state index in [-0.39, 0.29) is 11.9 Å². The van der Waals surface area contributed by atoms with E-state index in [0.29, 0.717) is 36.9 Å². The molecule has 0 aromatic carbocycles. The van der Waals surface area contributed by atoms with Crippen molar-refractivity contribution in [2.75, 3.05) is 6.61 Å². The Labute approximate surface area is 134 Å². The van der Waals surface area contributed by atoms with Gasteiger partial charge in [0.05, 0.1) is 36.9 Å². The lowest BCUT2D eigenvalue weighted by molar-refractivity contribution is -0.151. The van der Waals surface area contributed by atoms with E-state index >= 15 is 0 Å². The van der Waals surface area contributed by atoms with Crippen molar-refractivity contribution in [1.29, 1.82) is 0 Å². The summed E-state index contributed by atoms with van der Waals surface area (Å²) in [4.78, 5) is 12.0. The summed E-state index contributed by atoms with van der Waals surface area (Å²) in [5.74, 6) is 0.608. The van der Waals surface area contributed by atoms with Gasteiger partial charge >= 0.3 is 5.97 Å². The first-order valence-electron chi connectivity index (χ1n) is 9.27. The molecule has 0 amide bonds. The number of esters is 1. The van der Waals surface area contributed by atoms with Crippen molar-refractivity contribution in [3.05, 3.63) is 0 Å². The van der Waals surface area contributed by atoms with Crippen LogP contribution in [0.1, 0.15) is 66.2 Å². The zero-order chi connectivity index (χ0) is 16.1. The molecule has 2 saturated carbocycles. The zero-order valence-electron chi connectivity index (χ0n) is 14.5. The molecule has 2 aliphatic heterocycles. The van der Waals surface area contributed by atoms with Crippen LogP contribution in [0.2, 0.25) is 0 Å². The Morgan fingerprint density at radius 1 is 0.864 bits per heavy atom. The molecule has 4 heteroatoms. The minimum atomic E-state index is 0.00258. The van der Waals surface area contributed by atoms with Gasteiger partial charge in [0.15, 0.2) is 0 Å². The molecule has 4 rings (SSSR count). The fraction of sp³-hybridized carbons (Fsp3) is 0.944. The highest BCUT2D eigenvalue weighted by Crippen LogP contribution is 2.41. The molecule has 22 heavy (non-hydrogen) atoms. The number of rotatable bonds is 3. The average molecular weight is 312 g/mol. The second-order valence-electron chi connectivity index (χ2n) is 6.25. The van der Waals surface area contributed by atoms with Crippen molar-refractivity contribution >= 4 is 5.97 Å². The van der Waals surface area contributed by atoms with Crippen molar-refractivity contribution in [2.24, 2.45) is 11.8 Å². The molecule has 0 bridgehead atoms. The molecule has 6 atom stereocenters. The van der Waals surface area contributed by atoms with E-state index in [4.69, 9.17) is 14.2 Å². The van der Waals surface area contributed by atoms with E-state index in [0.717, 1.165) is 38.5 Å². The summed E-state index contributed by atoms with van der Waals surface area (Å²) in [5.41, 5.74) is 0. The smallest absolute Gasteiger partial charge is 0.309 e. The predicted octanol–water partition coefficient (Wildman–Crippen LogP) is 3.72. The van der Waals surface area contributed by atoms with E-state index < -0.39 is 0 Å². The molecule has 0 N–H and O–H groups in total.